The number of carbonyl (C=O) groups is 3. The number of rotatable bonds is 8. The van der Waals surface area contributed by atoms with Crippen LogP contribution in [-0.2, 0) is 14.4 Å². The molecule has 0 spiro atoms. The number of carbonyl (C=O) groups excluding carboxylic acids is 2. The van der Waals surface area contributed by atoms with E-state index in [2.05, 4.69) is 5.32 Å². The average molecular weight is 346 g/mol. The van der Waals surface area contributed by atoms with Crippen molar-refractivity contribution in [3.05, 3.63) is 30.3 Å². The lowest BCUT2D eigenvalue weighted by atomic mass is 10.1. The Morgan fingerprint density at radius 2 is 1.96 bits per heavy atom. The third-order valence-electron chi connectivity index (χ3n) is 4.67. The van der Waals surface area contributed by atoms with Gasteiger partial charge in [0, 0.05) is 12.5 Å². The van der Waals surface area contributed by atoms with Crippen LogP contribution in [0.25, 0.3) is 0 Å². The van der Waals surface area contributed by atoms with E-state index in [0.717, 1.165) is 12.2 Å². The van der Waals surface area contributed by atoms with Gasteiger partial charge in [-0.15, -0.1) is 0 Å². The number of carboxylic acid groups (broad SMARTS) is 1. The summed E-state index contributed by atoms with van der Waals surface area (Å²) in [4.78, 5) is 36.7. The predicted octanol–water partition coefficient (Wildman–Crippen LogP) is 1.04. The number of nitrogens with one attached hydrogen (secondary N) is 1. The van der Waals surface area contributed by atoms with Crippen LogP contribution in [0.1, 0.15) is 25.7 Å². The zero-order valence-corrected chi connectivity index (χ0v) is 13.9. The molecule has 1 aliphatic carbocycles. The lowest BCUT2D eigenvalue weighted by molar-refractivity contribution is -0.149. The second kappa shape index (κ2) is 7.55. The van der Waals surface area contributed by atoms with Gasteiger partial charge in [-0.3, -0.25) is 9.59 Å². The van der Waals surface area contributed by atoms with E-state index in [1.807, 2.05) is 30.3 Å². The molecule has 2 N–H and O–H groups in total. The highest BCUT2D eigenvalue weighted by atomic mass is 16.5. The SMILES string of the molecule is O=C(CCCOc1ccccc1)NCC(=O)N1C(C(=O)O)CC2CC21. The van der Waals surface area contributed by atoms with Gasteiger partial charge in [-0.1, -0.05) is 18.2 Å². The van der Waals surface area contributed by atoms with Crippen LogP contribution in [-0.4, -0.2) is 53.0 Å². The number of amides is 2. The molecule has 0 radical (unpaired) electrons. The van der Waals surface area contributed by atoms with Crippen LogP contribution in [0.2, 0.25) is 0 Å². The highest BCUT2D eigenvalue weighted by molar-refractivity contribution is 5.89. The van der Waals surface area contributed by atoms with Crippen LogP contribution in [0.4, 0.5) is 0 Å². The van der Waals surface area contributed by atoms with E-state index in [1.165, 1.54) is 4.90 Å². The van der Waals surface area contributed by atoms with Crippen molar-refractivity contribution in [3.63, 3.8) is 0 Å². The lowest BCUT2D eigenvalue weighted by Crippen LogP contribution is -2.47. The molecule has 2 fully saturated rings. The maximum atomic E-state index is 12.2. The van der Waals surface area contributed by atoms with E-state index in [1.54, 1.807) is 0 Å². The average Bonchev–Trinajstić information content (AvgIpc) is 3.27. The summed E-state index contributed by atoms with van der Waals surface area (Å²) in [5.74, 6) is -0.443. The molecular weight excluding hydrogens is 324 g/mol. The van der Waals surface area contributed by atoms with E-state index >= 15 is 0 Å². The van der Waals surface area contributed by atoms with Gasteiger partial charge in [-0.05, 0) is 37.3 Å². The summed E-state index contributed by atoms with van der Waals surface area (Å²) < 4.78 is 5.50. The third-order valence-corrected chi connectivity index (χ3v) is 4.67. The smallest absolute Gasteiger partial charge is 0.326 e. The van der Waals surface area contributed by atoms with Gasteiger partial charge < -0.3 is 20.1 Å². The van der Waals surface area contributed by atoms with Gasteiger partial charge in [0.25, 0.3) is 0 Å². The maximum Gasteiger partial charge on any atom is 0.326 e. The van der Waals surface area contributed by atoms with Crippen LogP contribution in [0.3, 0.4) is 0 Å². The predicted molar refractivity (Wildman–Crippen MR) is 89.0 cm³/mol. The van der Waals surface area contributed by atoms with Crippen molar-refractivity contribution in [3.8, 4) is 5.75 Å². The Hall–Kier alpha value is -2.57. The lowest BCUT2D eigenvalue weighted by Gasteiger charge is -2.24. The Bertz CT molecular complexity index is 648. The Morgan fingerprint density at radius 1 is 1.20 bits per heavy atom. The number of hydrogen-bond acceptors (Lipinski definition) is 4. The fourth-order valence-electron chi connectivity index (χ4n) is 3.33. The molecule has 1 saturated heterocycles. The molecule has 2 amide bonds. The molecule has 1 saturated carbocycles. The van der Waals surface area contributed by atoms with Crippen LogP contribution >= 0.6 is 0 Å². The molecule has 3 atom stereocenters. The number of nitrogens with zero attached hydrogens (tertiary/aromatic N) is 1. The van der Waals surface area contributed by atoms with Gasteiger partial charge in [0.2, 0.25) is 11.8 Å². The quantitative estimate of drug-likeness (QED) is 0.686. The molecule has 134 valence electrons. The minimum absolute atomic E-state index is 0.0461. The number of likely N-dealkylation sites (tertiary alicyclic amines) is 1. The fraction of sp³-hybridized carbons (Fsp3) is 0.500. The number of fused-ring (bicyclic) bond motifs is 1. The Morgan fingerprint density at radius 3 is 2.68 bits per heavy atom. The van der Waals surface area contributed by atoms with Gasteiger partial charge in [-0.25, -0.2) is 4.79 Å². The molecule has 1 aromatic carbocycles. The summed E-state index contributed by atoms with van der Waals surface area (Å²) in [6.45, 7) is 0.272. The van der Waals surface area contributed by atoms with E-state index < -0.39 is 12.0 Å². The highest BCUT2D eigenvalue weighted by Crippen LogP contribution is 2.47. The molecule has 1 aliphatic heterocycles. The largest absolute Gasteiger partial charge is 0.494 e. The summed E-state index contributed by atoms with van der Waals surface area (Å²) in [5.41, 5.74) is 0. The van der Waals surface area contributed by atoms with Crippen LogP contribution in [0.5, 0.6) is 5.75 Å². The number of carboxylic acids is 1. The van der Waals surface area contributed by atoms with Gasteiger partial charge in [0.15, 0.2) is 0 Å². The third kappa shape index (κ3) is 4.29. The number of aliphatic carboxylic acids is 1. The molecule has 0 bridgehead atoms. The van der Waals surface area contributed by atoms with Crippen LogP contribution in [0.15, 0.2) is 30.3 Å². The highest BCUT2D eigenvalue weighted by Gasteiger charge is 2.56. The maximum absolute atomic E-state index is 12.2. The zero-order valence-electron chi connectivity index (χ0n) is 13.9. The Balaban J connectivity index is 1.34. The molecule has 1 aromatic rings. The molecule has 2 aliphatic rings. The number of piperidine rings is 1. The fourth-order valence-corrected chi connectivity index (χ4v) is 3.33. The van der Waals surface area contributed by atoms with Crippen LogP contribution in [0, 0.1) is 5.92 Å². The summed E-state index contributed by atoms with van der Waals surface area (Å²) in [6.07, 6.45) is 2.20. The minimum Gasteiger partial charge on any atom is -0.494 e. The topological polar surface area (TPSA) is 95.9 Å². The Kier molecular flexibility index (Phi) is 5.21. The summed E-state index contributed by atoms with van der Waals surface area (Å²) in [7, 11) is 0. The number of ether oxygens (including phenoxy) is 1. The van der Waals surface area contributed by atoms with Crippen molar-refractivity contribution in [2.75, 3.05) is 13.2 Å². The standard InChI is InChI=1S/C18H22N2O5/c21-16(7-4-8-25-13-5-2-1-3-6-13)19-11-17(22)20-14-9-12(14)10-15(20)18(23)24/h1-3,5-6,12,14-15H,4,7-11H2,(H,19,21)(H,23,24). The summed E-state index contributed by atoms with van der Waals surface area (Å²) in [6, 6.07) is 8.65. The van der Waals surface area contributed by atoms with Gasteiger partial charge >= 0.3 is 5.97 Å². The van der Waals surface area contributed by atoms with Gasteiger partial charge in [0.05, 0.1) is 13.2 Å². The molecule has 7 nitrogen and oxygen atoms in total. The van der Waals surface area contributed by atoms with Crippen LogP contribution < -0.4 is 10.1 Å². The van der Waals surface area contributed by atoms with Crippen molar-refractivity contribution < 1.29 is 24.2 Å². The molecular formula is C18H22N2O5. The first-order valence-corrected chi connectivity index (χ1v) is 8.55. The summed E-state index contributed by atoms with van der Waals surface area (Å²) >= 11 is 0. The van der Waals surface area contributed by atoms with Crippen molar-refractivity contribution in [1.29, 1.82) is 0 Å². The molecule has 3 rings (SSSR count). The Labute approximate surface area is 146 Å². The monoisotopic (exact) mass is 346 g/mol. The van der Waals surface area contributed by atoms with Gasteiger partial charge in [0.1, 0.15) is 11.8 Å². The number of benzene rings is 1. The second-order valence-corrected chi connectivity index (χ2v) is 6.50. The first-order valence-electron chi connectivity index (χ1n) is 8.55. The van der Waals surface area contributed by atoms with E-state index in [9.17, 15) is 19.5 Å². The molecule has 0 aromatic heterocycles. The molecule has 3 unspecified atom stereocenters. The zero-order chi connectivity index (χ0) is 17.8. The van der Waals surface area contributed by atoms with Crippen molar-refractivity contribution >= 4 is 17.8 Å². The normalized spacial score (nSPS) is 23.7. The van der Waals surface area contributed by atoms with Crippen molar-refractivity contribution in [2.45, 2.75) is 37.8 Å². The van der Waals surface area contributed by atoms with E-state index in [-0.39, 0.29) is 30.8 Å². The van der Waals surface area contributed by atoms with Crippen molar-refractivity contribution in [1.82, 2.24) is 10.2 Å². The first kappa shape index (κ1) is 17.3. The minimum atomic E-state index is -0.968. The molecule has 1 heterocycles. The number of para-hydroxylation sites is 1. The molecule has 25 heavy (non-hydrogen) atoms. The van der Waals surface area contributed by atoms with Crippen molar-refractivity contribution in [2.24, 2.45) is 5.92 Å². The van der Waals surface area contributed by atoms with E-state index in [4.69, 9.17) is 4.74 Å². The first-order chi connectivity index (χ1) is 12.1. The summed E-state index contributed by atoms with van der Waals surface area (Å²) in [5, 5.41) is 11.8. The second-order valence-electron chi connectivity index (χ2n) is 6.50. The van der Waals surface area contributed by atoms with E-state index in [0.29, 0.717) is 25.4 Å². The molecule has 7 heteroatoms. The van der Waals surface area contributed by atoms with Gasteiger partial charge in [-0.2, -0.15) is 0 Å². The number of hydrogen-bond donors (Lipinski definition) is 2.